The summed E-state index contributed by atoms with van der Waals surface area (Å²) in [6.07, 6.45) is 7.79. The Labute approximate surface area is 130 Å². The van der Waals surface area contributed by atoms with Gasteiger partial charge in [-0.25, -0.2) is 0 Å². The molecule has 1 aliphatic rings. The number of hydrogen-bond donors (Lipinski definition) is 1. The van der Waals surface area contributed by atoms with Crippen LogP contribution in [0.15, 0.2) is 42.0 Å². The normalized spacial score (nSPS) is 20.7. The Morgan fingerprint density at radius 3 is 2.95 bits per heavy atom. The molecule has 112 valence electrons. The Bertz CT molecular complexity index is 529. The molecule has 3 heterocycles. The molecule has 1 aliphatic heterocycles. The van der Waals surface area contributed by atoms with Gasteiger partial charge in [0.25, 0.3) is 0 Å². The van der Waals surface area contributed by atoms with E-state index < -0.39 is 0 Å². The minimum absolute atomic E-state index is 0.309. The molecule has 0 bridgehead atoms. The van der Waals surface area contributed by atoms with Crippen molar-refractivity contribution in [1.29, 1.82) is 0 Å². The van der Waals surface area contributed by atoms with Crippen molar-refractivity contribution in [3.05, 3.63) is 52.5 Å². The van der Waals surface area contributed by atoms with Crippen LogP contribution in [0.3, 0.4) is 0 Å². The molecule has 2 aromatic rings. The lowest BCUT2D eigenvalue weighted by molar-refractivity contribution is 0.124. The van der Waals surface area contributed by atoms with E-state index in [2.05, 4.69) is 22.0 Å². The summed E-state index contributed by atoms with van der Waals surface area (Å²) in [5.74, 6) is 0. The Hall–Kier alpha value is -1.23. The van der Waals surface area contributed by atoms with Gasteiger partial charge in [-0.15, -0.1) is 11.3 Å². The van der Waals surface area contributed by atoms with Crippen LogP contribution >= 0.6 is 11.3 Å². The maximum Gasteiger partial charge on any atom is 0.0896 e. The highest BCUT2D eigenvalue weighted by molar-refractivity contribution is 7.10. The van der Waals surface area contributed by atoms with E-state index in [1.54, 1.807) is 11.3 Å². The molecular weight excluding hydrogens is 280 g/mol. The number of thiophene rings is 1. The van der Waals surface area contributed by atoms with E-state index >= 15 is 0 Å². The van der Waals surface area contributed by atoms with Crippen molar-refractivity contribution >= 4 is 11.3 Å². The molecule has 1 N–H and O–H groups in total. The number of pyridine rings is 1. The number of aliphatic hydroxyl groups excluding tert-OH is 1. The zero-order valence-corrected chi connectivity index (χ0v) is 13.0. The fourth-order valence-electron chi connectivity index (χ4n) is 3.13. The SMILES string of the molecule is O[C@H](C[C@H]1CCCN1CCc1ccncc1)c1cccs1. The summed E-state index contributed by atoms with van der Waals surface area (Å²) in [5.41, 5.74) is 1.34. The smallest absolute Gasteiger partial charge is 0.0896 e. The maximum absolute atomic E-state index is 10.3. The Morgan fingerprint density at radius 2 is 2.19 bits per heavy atom. The summed E-state index contributed by atoms with van der Waals surface area (Å²) < 4.78 is 0. The summed E-state index contributed by atoms with van der Waals surface area (Å²) in [5, 5.41) is 12.4. The first-order chi connectivity index (χ1) is 10.3. The number of likely N-dealkylation sites (tertiary alicyclic amines) is 1. The zero-order valence-electron chi connectivity index (χ0n) is 12.2. The summed E-state index contributed by atoms with van der Waals surface area (Å²) >= 11 is 1.65. The van der Waals surface area contributed by atoms with Gasteiger partial charge in [0.05, 0.1) is 6.10 Å². The van der Waals surface area contributed by atoms with Gasteiger partial charge < -0.3 is 5.11 Å². The van der Waals surface area contributed by atoms with Gasteiger partial charge in [0.15, 0.2) is 0 Å². The highest BCUT2D eigenvalue weighted by Gasteiger charge is 2.27. The molecule has 2 aromatic heterocycles. The largest absolute Gasteiger partial charge is 0.388 e. The average Bonchev–Trinajstić information content (AvgIpc) is 3.18. The zero-order chi connectivity index (χ0) is 14.5. The molecule has 1 saturated heterocycles. The molecule has 0 amide bonds. The van der Waals surface area contributed by atoms with Crippen LogP contribution in [-0.4, -0.2) is 34.1 Å². The number of nitrogens with zero attached hydrogens (tertiary/aromatic N) is 2. The van der Waals surface area contributed by atoms with E-state index in [0.29, 0.717) is 6.04 Å². The molecule has 0 aliphatic carbocycles. The van der Waals surface area contributed by atoms with Crippen molar-refractivity contribution in [3.8, 4) is 0 Å². The summed E-state index contributed by atoms with van der Waals surface area (Å²) in [4.78, 5) is 7.69. The van der Waals surface area contributed by atoms with Crippen molar-refractivity contribution in [2.75, 3.05) is 13.1 Å². The van der Waals surface area contributed by atoms with Gasteiger partial charge in [0.1, 0.15) is 0 Å². The monoisotopic (exact) mass is 302 g/mol. The maximum atomic E-state index is 10.3. The van der Waals surface area contributed by atoms with Gasteiger partial charge in [0.2, 0.25) is 0 Å². The topological polar surface area (TPSA) is 36.4 Å². The highest BCUT2D eigenvalue weighted by atomic mass is 32.1. The molecule has 0 radical (unpaired) electrons. The molecule has 21 heavy (non-hydrogen) atoms. The lowest BCUT2D eigenvalue weighted by atomic mass is 10.1. The Morgan fingerprint density at radius 1 is 1.33 bits per heavy atom. The minimum Gasteiger partial charge on any atom is -0.388 e. The predicted molar refractivity (Wildman–Crippen MR) is 86.4 cm³/mol. The molecule has 3 nitrogen and oxygen atoms in total. The van der Waals surface area contributed by atoms with Crippen LogP contribution in [0, 0.1) is 0 Å². The Balaban J connectivity index is 1.53. The molecule has 1 fully saturated rings. The lowest BCUT2D eigenvalue weighted by Gasteiger charge is -2.26. The molecule has 0 saturated carbocycles. The minimum atomic E-state index is -0.309. The third-order valence-electron chi connectivity index (χ3n) is 4.30. The van der Waals surface area contributed by atoms with E-state index in [9.17, 15) is 5.11 Å². The second-order valence-electron chi connectivity index (χ2n) is 5.70. The number of aromatic nitrogens is 1. The first kappa shape index (κ1) is 14.7. The quantitative estimate of drug-likeness (QED) is 0.889. The van der Waals surface area contributed by atoms with Crippen molar-refractivity contribution in [1.82, 2.24) is 9.88 Å². The van der Waals surface area contributed by atoms with Crippen LogP contribution < -0.4 is 0 Å². The molecule has 3 rings (SSSR count). The molecule has 2 atom stereocenters. The highest BCUT2D eigenvalue weighted by Crippen LogP contribution is 2.29. The van der Waals surface area contributed by atoms with Gasteiger partial charge in [0, 0.05) is 29.9 Å². The van der Waals surface area contributed by atoms with E-state index in [1.165, 1.54) is 18.4 Å². The van der Waals surface area contributed by atoms with Crippen molar-refractivity contribution in [2.24, 2.45) is 0 Å². The van der Waals surface area contributed by atoms with Gasteiger partial charge in [-0.1, -0.05) is 6.07 Å². The van der Waals surface area contributed by atoms with E-state index in [4.69, 9.17) is 0 Å². The van der Waals surface area contributed by atoms with Gasteiger partial charge >= 0.3 is 0 Å². The van der Waals surface area contributed by atoms with Crippen molar-refractivity contribution in [2.45, 2.75) is 37.8 Å². The fourth-order valence-corrected chi connectivity index (χ4v) is 3.86. The molecule has 0 unspecified atom stereocenters. The van der Waals surface area contributed by atoms with Crippen LogP contribution in [0.5, 0.6) is 0 Å². The van der Waals surface area contributed by atoms with Gasteiger partial charge in [-0.05, 0) is 61.4 Å². The summed E-state index contributed by atoms with van der Waals surface area (Å²) in [6, 6.07) is 8.74. The predicted octanol–water partition coefficient (Wildman–Crippen LogP) is 3.27. The van der Waals surface area contributed by atoms with Crippen molar-refractivity contribution < 1.29 is 5.11 Å². The summed E-state index contributed by atoms with van der Waals surface area (Å²) in [6.45, 7) is 2.23. The van der Waals surface area contributed by atoms with Crippen LogP contribution in [0.4, 0.5) is 0 Å². The standard InChI is InChI=1S/C17H22N2OS/c20-16(17-4-2-12-21-17)13-15-3-1-10-19(15)11-7-14-5-8-18-9-6-14/h2,4-6,8-9,12,15-16,20H,1,3,7,10-11,13H2/t15-,16-/m1/s1. The van der Waals surface area contributed by atoms with Crippen LogP contribution in [0.2, 0.25) is 0 Å². The van der Waals surface area contributed by atoms with Crippen LogP contribution in [-0.2, 0) is 6.42 Å². The van der Waals surface area contributed by atoms with Crippen molar-refractivity contribution in [3.63, 3.8) is 0 Å². The second kappa shape index (κ2) is 7.16. The number of aliphatic hydroxyl groups is 1. The van der Waals surface area contributed by atoms with E-state index in [1.807, 2.05) is 29.9 Å². The van der Waals surface area contributed by atoms with Gasteiger partial charge in [-0.2, -0.15) is 0 Å². The number of rotatable bonds is 6. The first-order valence-corrected chi connectivity index (χ1v) is 8.55. The summed E-state index contributed by atoms with van der Waals surface area (Å²) in [7, 11) is 0. The third-order valence-corrected chi connectivity index (χ3v) is 5.28. The lowest BCUT2D eigenvalue weighted by Crippen LogP contribution is -2.32. The molecule has 0 spiro atoms. The molecule has 4 heteroatoms. The van der Waals surface area contributed by atoms with E-state index in [0.717, 1.165) is 30.8 Å². The Kier molecular flexibility index (Phi) is 5.01. The van der Waals surface area contributed by atoms with Crippen LogP contribution in [0.1, 0.15) is 35.8 Å². The first-order valence-electron chi connectivity index (χ1n) is 7.67. The van der Waals surface area contributed by atoms with Gasteiger partial charge in [-0.3, -0.25) is 9.88 Å². The molecule has 0 aromatic carbocycles. The average molecular weight is 302 g/mol. The number of hydrogen-bond acceptors (Lipinski definition) is 4. The second-order valence-corrected chi connectivity index (χ2v) is 6.68. The van der Waals surface area contributed by atoms with Crippen LogP contribution in [0.25, 0.3) is 0 Å². The van der Waals surface area contributed by atoms with E-state index in [-0.39, 0.29) is 6.10 Å². The fraction of sp³-hybridized carbons (Fsp3) is 0.471. The third kappa shape index (κ3) is 3.90. The molecular formula is C17H22N2OS.